The number of benzene rings is 4. The fourth-order valence-electron chi connectivity index (χ4n) is 5.00. The van der Waals surface area contributed by atoms with Gasteiger partial charge in [0.15, 0.2) is 0 Å². The Bertz CT molecular complexity index is 1050. The predicted molar refractivity (Wildman–Crippen MR) is 158 cm³/mol. The molecule has 0 saturated carbocycles. The third-order valence-corrected chi connectivity index (χ3v) is 6.37. The molecule has 0 aliphatic heterocycles. The van der Waals surface area contributed by atoms with Crippen LogP contribution in [0.4, 0.5) is 34.1 Å². The first-order valence-corrected chi connectivity index (χ1v) is 13.0. The van der Waals surface area contributed by atoms with Crippen LogP contribution in [-0.2, 0) is 0 Å². The Kier molecular flexibility index (Phi) is 8.00. The highest BCUT2D eigenvalue weighted by atomic mass is 15.2. The van der Waals surface area contributed by atoms with Crippen molar-refractivity contribution in [2.45, 2.75) is 59.7 Å². The maximum absolute atomic E-state index is 2.43. The molecule has 4 aromatic carbocycles. The summed E-state index contributed by atoms with van der Waals surface area (Å²) < 4.78 is 0. The van der Waals surface area contributed by atoms with Crippen molar-refractivity contribution in [1.29, 1.82) is 0 Å². The van der Waals surface area contributed by atoms with Crippen molar-refractivity contribution in [2.24, 2.45) is 0 Å². The lowest BCUT2D eigenvalue weighted by Gasteiger charge is -2.36. The summed E-state index contributed by atoms with van der Waals surface area (Å²) in [6, 6.07) is 40.0. The molecule has 0 heterocycles. The van der Waals surface area contributed by atoms with Gasteiger partial charge in [0.25, 0.3) is 0 Å². The topological polar surface area (TPSA) is 9.72 Å². The van der Waals surface area contributed by atoms with Gasteiger partial charge in [0.2, 0.25) is 0 Å². The molecule has 0 aliphatic rings. The van der Waals surface area contributed by atoms with Crippen LogP contribution in [0, 0.1) is 0 Å². The van der Waals surface area contributed by atoms with Gasteiger partial charge in [0.1, 0.15) is 0 Å². The fraction of sp³-hybridized carbons (Fsp3) is 0.273. The van der Waals surface area contributed by atoms with Gasteiger partial charge in [-0.15, -0.1) is 0 Å². The van der Waals surface area contributed by atoms with Gasteiger partial charge < -0.3 is 14.7 Å². The Labute approximate surface area is 217 Å². The third-order valence-electron chi connectivity index (χ3n) is 6.37. The minimum Gasteiger partial charge on any atom is -0.339 e. The number of hydrogen-bond acceptors (Lipinski definition) is 3. The van der Waals surface area contributed by atoms with Gasteiger partial charge in [-0.2, -0.15) is 0 Å². The first kappa shape index (κ1) is 25.4. The zero-order chi connectivity index (χ0) is 25.7. The zero-order valence-electron chi connectivity index (χ0n) is 22.5. The van der Waals surface area contributed by atoms with Gasteiger partial charge in [0, 0.05) is 52.2 Å². The molecule has 0 amide bonds. The maximum Gasteiger partial charge on any atom is 0.0455 e. The van der Waals surface area contributed by atoms with Gasteiger partial charge in [-0.25, -0.2) is 0 Å². The van der Waals surface area contributed by atoms with E-state index in [1.54, 1.807) is 0 Å². The zero-order valence-corrected chi connectivity index (χ0v) is 22.5. The molecular formula is C33H39N3. The molecular weight excluding hydrogens is 438 g/mol. The highest BCUT2D eigenvalue weighted by Gasteiger charge is 2.22. The fourth-order valence-corrected chi connectivity index (χ4v) is 5.00. The van der Waals surface area contributed by atoms with Crippen LogP contribution in [0.5, 0.6) is 0 Å². The Morgan fingerprint density at radius 1 is 0.333 bits per heavy atom. The maximum atomic E-state index is 2.43. The molecule has 0 saturated heterocycles. The summed E-state index contributed by atoms with van der Waals surface area (Å²) in [6.07, 6.45) is 0. The predicted octanol–water partition coefficient (Wildman–Crippen LogP) is 9.33. The van der Waals surface area contributed by atoms with Gasteiger partial charge in [-0.1, -0.05) is 54.6 Å². The minimum atomic E-state index is 0.295. The molecule has 0 unspecified atom stereocenters. The smallest absolute Gasteiger partial charge is 0.0455 e. The van der Waals surface area contributed by atoms with E-state index in [1.807, 2.05) is 0 Å². The molecule has 0 bridgehead atoms. The SMILES string of the molecule is CC(C)N(c1ccccc1)c1cc(N(c2ccccc2)C(C)C)cc(N(c2ccccc2)C(C)C)c1. The lowest BCUT2D eigenvalue weighted by atomic mass is 10.1. The average molecular weight is 478 g/mol. The highest BCUT2D eigenvalue weighted by molar-refractivity contribution is 5.80. The summed E-state index contributed by atoms with van der Waals surface area (Å²) in [4.78, 5) is 7.29. The second-order valence-electron chi connectivity index (χ2n) is 10.1. The molecule has 0 atom stereocenters. The number of anilines is 6. The molecule has 0 radical (unpaired) electrons. The van der Waals surface area contributed by atoms with Crippen LogP contribution in [-0.4, -0.2) is 18.1 Å². The summed E-state index contributed by atoms with van der Waals surface area (Å²) in [5.41, 5.74) is 7.15. The van der Waals surface area contributed by atoms with Crippen LogP contribution < -0.4 is 14.7 Å². The monoisotopic (exact) mass is 477 g/mol. The molecule has 0 N–H and O–H groups in total. The molecule has 186 valence electrons. The summed E-state index contributed by atoms with van der Waals surface area (Å²) >= 11 is 0. The van der Waals surface area contributed by atoms with E-state index in [4.69, 9.17) is 0 Å². The minimum absolute atomic E-state index is 0.295. The number of hydrogen-bond donors (Lipinski definition) is 0. The molecule has 0 fully saturated rings. The molecule has 36 heavy (non-hydrogen) atoms. The van der Waals surface area contributed by atoms with Gasteiger partial charge in [-0.05, 0) is 96.1 Å². The molecule has 0 aromatic heterocycles. The number of rotatable bonds is 9. The lowest BCUT2D eigenvalue weighted by molar-refractivity contribution is 0.771. The van der Waals surface area contributed by atoms with Crippen molar-refractivity contribution in [3.8, 4) is 0 Å². The van der Waals surface area contributed by atoms with Gasteiger partial charge in [-0.3, -0.25) is 0 Å². The van der Waals surface area contributed by atoms with Crippen LogP contribution in [0.1, 0.15) is 41.5 Å². The van der Waals surface area contributed by atoms with E-state index in [0.29, 0.717) is 18.1 Å². The van der Waals surface area contributed by atoms with E-state index in [0.717, 1.165) is 0 Å². The van der Waals surface area contributed by atoms with E-state index >= 15 is 0 Å². The van der Waals surface area contributed by atoms with Crippen molar-refractivity contribution in [2.75, 3.05) is 14.7 Å². The normalized spacial score (nSPS) is 11.2. The van der Waals surface area contributed by atoms with Gasteiger partial charge in [0.05, 0.1) is 0 Å². The van der Waals surface area contributed by atoms with Crippen LogP contribution in [0.25, 0.3) is 0 Å². The summed E-state index contributed by atoms with van der Waals surface area (Å²) in [5.74, 6) is 0. The molecule has 0 aliphatic carbocycles. The summed E-state index contributed by atoms with van der Waals surface area (Å²) in [6.45, 7) is 13.5. The second-order valence-corrected chi connectivity index (χ2v) is 10.1. The van der Waals surface area contributed by atoms with Crippen molar-refractivity contribution in [3.05, 3.63) is 109 Å². The Hall–Kier alpha value is -3.72. The van der Waals surface area contributed by atoms with E-state index in [1.165, 1.54) is 34.1 Å². The van der Waals surface area contributed by atoms with Crippen molar-refractivity contribution < 1.29 is 0 Å². The standard InChI is InChI=1S/C33H39N3/c1-25(2)34(28-16-10-7-11-17-28)31-22-32(35(26(3)4)29-18-12-8-13-19-29)24-33(23-31)36(27(5)6)30-20-14-9-15-21-30/h7-27H,1-6H3. The second kappa shape index (κ2) is 11.3. The van der Waals surface area contributed by atoms with Gasteiger partial charge >= 0.3 is 0 Å². The third kappa shape index (κ3) is 5.57. The van der Waals surface area contributed by atoms with E-state index in [9.17, 15) is 0 Å². The van der Waals surface area contributed by atoms with Crippen molar-refractivity contribution >= 4 is 34.1 Å². The van der Waals surface area contributed by atoms with E-state index in [2.05, 4.69) is 165 Å². The van der Waals surface area contributed by atoms with Crippen LogP contribution in [0.2, 0.25) is 0 Å². The number of para-hydroxylation sites is 3. The first-order valence-electron chi connectivity index (χ1n) is 13.0. The van der Waals surface area contributed by atoms with Crippen LogP contribution in [0.3, 0.4) is 0 Å². The van der Waals surface area contributed by atoms with Crippen molar-refractivity contribution in [1.82, 2.24) is 0 Å². The largest absolute Gasteiger partial charge is 0.339 e. The molecule has 0 spiro atoms. The average Bonchev–Trinajstić information content (AvgIpc) is 2.86. The highest BCUT2D eigenvalue weighted by Crippen LogP contribution is 2.40. The van der Waals surface area contributed by atoms with E-state index < -0.39 is 0 Å². The molecule has 4 aromatic rings. The quantitative estimate of drug-likeness (QED) is 0.238. The Balaban J connectivity index is 1.96. The number of nitrogens with zero attached hydrogens (tertiary/aromatic N) is 3. The Morgan fingerprint density at radius 2 is 0.556 bits per heavy atom. The van der Waals surface area contributed by atoms with Crippen LogP contribution in [0.15, 0.2) is 109 Å². The van der Waals surface area contributed by atoms with Crippen LogP contribution >= 0.6 is 0 Å². The Morgan fingerprint density at radius 3 is 0.750 bits per heavy atom. The first-order chi connectivity index (χ1) is 17.4. The molecule has 3 heteroatoms. The molecule has 3 nitrogen and oxygen atoms in total. The van der Waals surface area contributed by atoms with E-state index in [-0.39, 0.29) is 0 Å². The summed E-state index contributed by atoms with van der Waals surface area (Å²) in [7, 11) is 0. The summed E-state index contributed by atoms with van der Waals surface area (Å²) in [5, 5.41) is 0. The molecule has 4 rings (SSSR count). The van der Waals surface area contributed by atoms with Crippen molar-refractivity contribution in [3.63, 3.8) is 0 Å². The lowest BCUT2D eigenvalue weighted by Crippen LogP contribution is -2.30.